The van der Waals surface area contributed by atoms with Crippen LogP contribution in [0.1, 0.15) is 24.5 Å². The van der Waals surface area contributed by atoms with Crippen molar-refractivity contribution in [3.63, 3.8) is 0 Å². The Morgan fingerprint density at radius 3 is 1.90 bits per heavy atom. The Hall–Kier alpha value is -4.50. The van der Waals surface area contributed by atoms with Gasteiger partial charge in [-0.3, -0.25) is 13.9 Å². The molecule has 0 saturated carbocycles. The number of amides is 2. The maximum Gasteiger partial charge on any atom is 0.264 e. The van der Waals surface area contributed by atoms with Crippen LogP contribution in [0.5, 0.6) is 0 Å². The molecule has 0 aromatic heterocycles. The SMILES string of the molecule is CCCNC(=O)[C@@H](Cc1ccccc1)N(Cc1ccccc1)C(=O)CN(c1ccccc1)S(=O)(=O)c1ccc(F)cc1. The summed E-state index contributed by atoms with van der Waals surface area (Å²) in [6, 6.07) is 30.5. The highest BCUT2D eigenvalue weighted by Crippen LogP contribution is 2.25. The third kappa shape index (κ3) is 7.82. The van der Waals surface area contributed by atoms with Gasteiger partial charge in [0.05, 0.1) is 10.6 Å². The van der Waals surface area contributed by atoms with Gasteiger partial charge in [-0.05, 0) is 53.9 Å². The molecule has 9 heteroatoms. The molecule has 7 nitrogen and oxygen atoms in total. The lowest BCUT2D eigenvalue weighted by molar-refractivity contribution is -0.140. The van der Waals surface area contributed by atoms with Crippen molar-refractivity contribution < 1.29 is 22.4 Å². The van der Waals surface area contributed by atoms with Gasteiger partial charge in [0, 0.05) is 19.5 Å². The van der Waals surface area contributed by atoms with Crippen molar-refractivity contribution in [2.24, 2.45) is 0 Å². The van der Waals surface area contributed by atoms with Crippen molar-refractivity contribution in [3.05, 3.63) is 132 Å². The van der Waals surface area contributed by atoms with Crippen molar-refractivity contribution in [1.82, 2.24) is 10.2 Å². The van der Waals surface area contributed by atoms with E-state index < -0.39 is 34.3 Å². The highest BCUT2D eigenvalue weighted by atomic mass is 32.2. The molecule has 0 heterocycles. The number of nitrogens with zero attached hydrogens (tertiary/aromatic N) is 2. The quantitative estimate of drug-likeness (QED) is 0.233. The number of anilines is 1. The molecule has 0 bridgehead atoms. The number of rotatable bonds is 13. The fourth-order valence-corrected chi connectivity index (χ4v) is 5.97. The van der Waals surface area contributed by atoms with E-state index >= 15 is 0 Å². The van der Waals surface area contributed by atoms with E-state index in [1.54, 1.807) is 30.3 Å². The number of halogens is 1. The van der Waals surface area contributed by atoms with Gasteiger partial charge in [0.25, 0.3) is 10.0 Å². The Bertz CT molecular complexity index is 1550. The lowest BCUT2D eigenvalue weighted by Crippen LogP contribution is -2.53. The summed E-state index contributed by atoms with van der Waals surface area (Å²) in [5, 5.41) is 2.92. The highest BCUT2D eigenvalue weighted by Gasteiger charge is 2.34. The minimum Gasteiger partial charge on any atom is -0.354 e. The smallest absolute Gasteiger partial charge is 0.264 e. The van der Waals surface area contributed by atoms with Crippen LogP contribution in [0.15, 0.2) is 120 Å². The average Bonchev–Trinajstić information content (AvgIpc) is 3.01. The number of para-hydroxylation sites is 1. The number of hydrogen-bond donors (Lipinski definition) is 1. The molecular formula is C33H34FN3O4S. The van der Waals surface area contributed by atoms with E-state index in [9.17, 15) is 22.4 Å². The summed E-state index contributed by atoms with van der Waals surface area (Å²) >= 11 is 0. The third-order valence-corrected chi connectivity index (χ3v) is 8.53. The molecule has 1 atom stereocenters. The highest BCUT2D eigenvalue weighted by molar-refractivity contribution is 7.92. The van der Waals surface area contributed by atoms with Crippen LogP contribution in [0.4, 0.5) is 10.1 Å². The van der Waals surface area contributed by atoms with Crippen LogP contribution >= 0.6 is 0 Å². The van der Waals surface area contributed by atoms with Crippen LogP contribution in [0, 0.1) is 5.82 Å². The molecular weight excluding hydrogens is 553 g/mol. The van der Waals surface area contributed by atoms with E-state index in [4.69, 9.17) is 0 Å². The standard InChI is InChI=1S/C33H34FN3O4S/c1-2-22-35-33(39)31(23-26-12-6-3-7-13-26)36(24-27-14-8-4-9-15-27)32(38)25-37(29-16-10-5-11-17-29)42(40,41)30-20-18-28(34)19-21-30/h3-21,31H,2,22-25H2,1H3,(H,35,39)/t31-/m1/s1. The fraction of sp³-hybridized carbons (Fsp3) is 0.212. The summed E-state index contributed by atoms with van der Waals surface area (Å²) in [4.78, 5) is 29.1. The fourth-order valence-electron chi connectivity index (χ4n) is 4.56. The predicted molar refractivity (Wildman–Crippen MR) is 162 cm³/mol. The van der Waals surface area contributed by atoms with Crippen LogP contribution in [-0.2, 0) is 32.6 Å². The molecule has 0 aliphatic rings. The predicted octanol–water partition coefficient (Wildman–Crippen LogP) is 5.19. The molecule has 1 N–H and O–H groups in total. The molecule has 4 aromatic carbocycles. The Morgan fingerprint density at radius 1 is 0.786 bits per heavy atom. The summed E-state index contributed by atoms with van der Waals surface area (Å²) in [7, 11) is -4.27. The maximum absolute atomic E-state index is 14.3. The molecule has 2 amide bonds. The number of sulfonamides is 1. The minimum atomic E-state index is -4.27. The largest absolute Gasteiger partial charge is 0.354 e. The van der Waals surface area contributed by atoms with Crippen molar-refractivity contribution >= 4 is 27.5 Å². The van der Waals surface area contributed by atoms with Gasteiger partial charge in [-0.2, -0.15) is 0 Å². The van der Waals surface area contributed by atoms with Crippen LogP contribution in [0.25, 0.3) is 0 Å². The lowest BCUT2D eigenvalue weighted by Gasteiger charge is -2.34. The van der Waals surface area contributed by atoms with E-state index in [2.05, 4.69) is 5.32 Å². The second-order valence-electron chi connectivity index (χ2n) is 9.80. The van der Waals surface area contributed by atoms with E-state index in [0.29, 0.717) is 13.0 Å². The Kier molecular flexibility index (Phi) is 10.4. The zero-order chi connectivity index (χ0) is 30.0. The molecule has 0 saturated heterocycles. The van der Waals surface area contributed by atoms with Gasteiger partial charge in [0.1, 0.15) is 18.4 Å². The van der Waals surface area contributed by atoms with E-state index in [0.717, 1.165) is 27.6 Å². The van der Waals surface area contributed by atoms with Gasteiger partial charge >= 0.3 is 0 Å². The first-order valence-electron chi connectivity index (χ1n) is 13.8. The monoisotopic (exact) mass is 587 g/mol. The zero-order valence-corrected chi connectivity index (χ0v) is 24.2. The van der Waals surface area contributed by atoms with Crippen molar-refractivity contribution in [2.45, 2.75) is 37.2 Å². The molecule has 0 unspecified atom stereocenters. The summed E-state index contributed by atoms with van der Waals surface area (Å²) in [5.41, 5.74) is 1.92. The molecule has 4 rings (SSSR count). The molecule has 0 aliphatic carbocycles. The summed E-state index contributed by atoms with van der Waals surface area (Å²) in [6.45, 7) is 1.91. The van der Waals surface area contributed by atoms with E-state index in [1.165, 1.54) is 17.0 Å². The number of carbonyl (C=O) groups excluding carboxylic acids is 2. The van der Waals surface area contributed by atoms with Gasteiger partial charge in [-0.15, -0.1) is 0 Å². The number of hydrogen-bond acceptors (Lipinski definition) is 4. The number of nitrogens with one attached hydrogen (secondary N) is 1. The van der Waals surface area contributed by atoms with Crippen LogP contribution < -0.4 is 9.62 Å². The minimum absolute atomic E-state index is 0.0932. The zero-order valence-electron chi connectivity index (χ0n) is 23.4. The average molecular weight is 588 g/mol. The molecule has 0 spiro atoms. The van der Waals surface area contributed by atoms with Crippen LogP contribution in [-0.4, -0.2) is 44.3 Å². The van der Waals surface area contributed by atoms with Gasteiger partial charge in [-0.1, -0.05) is 85.8 Å². The van der Waals surface area contributed by atoms with Gasteiger partial charge < -0.3 is 10.2 Å². The van der Waals surface area contributed by atoms with Gasteiger partial charge in [0.2, 0.25) is 11.8 Å². The first kappa shape index (κ1) is 30.5. The van der Waals surface area contributed by atoms with Crippen molar-refractivity contribution in [2.75, 3.05) is 17.4 Å². The van der Waals surface area contributed by atoms with Gasteiger partial charge in [0.15, 0.2) is 0 Å². The molecule has 218 valence electrons. The Labute approximate surface area is 246 Å². The Morgan fingerprint density at radius 2 is 1.33 bits per heavy atom. The molecule has 0 radical (unpaired) electrons. The Balaban J connectivity index is 1.76. The molecule has 42 heavy (non-hydrogen) atoms. The third-order valence-electron chi connectivity index (χ3n) is 6.74. The molecule has 0 aliphatic heterocycles. The van der Waals surface area contributed by atoms with Gasteiger partial charge in [-0.25, -0.2) is 12.8 Å². The van der Waals surface area contributed by atoms with Crippen molar-refractivity contribution in [3.8, 4) is 0 Å². The topological polar surface area (TPSA) is 86.8 Å². The second kappa shape index (κ2) is 14.4. The maximum atomic E-state index is 14.3. The number of benzene rings is 4. The first-order valence-corrected chi connectivity index (χ1v) is 15.2. The molecule has 0 fully saturated rings. The molecule has 4 aromatic rings. The van der Waals surface area contributed by atoms with Crippen LogP contribution in [0.2, 0.25) is 0 Å². The first-order chi connectivity index (χ1) is 20.3. The van der Waals surface area contributed by atoms with E-state index in [-0.39, 0.29) is 29.5 Å². The van der Waals surface area contributed by atoms with Crippen LogP contribution in [0.3, 0.4) is 0 Å². The summed E-state index contributed by atoms with van der Waals surface area (Å²) < 4.78 is 42.4. The second-order valence-corrected chi connectivity index (χ2v) is 11.7. The summed E-state index contributed by atoms with van der Waals surface area (Å²) in [5.74, 6) is -1.45. The number of carbonyl (C=O) groups is 2. The lowest BCUT2D eigenvalue weighted by atomic mass is 10.0. The van der Waals surface area contributed by atoms with Crippen molar-refractivity contribution in [1.29, 1.82) is 0 Å². The summed E-state index contributed by atoms with van der Waals surface area (Å²) in [6.07, 6.45) is 0.957. The van der Waals surface area contributed by atoms with E-state index in [1.807, 2.05) is 67.6 Å². The normalized spacial score (nSPS) is 11.9.